The summed E-state index contributed by atoms with van der Waals surface area (Å²) in [7, 11) is 0. The van der Waals surface area contributed by atoms with Gasteiger partial charge in [0.15, 0.2) is 0 Å². The third-order valence-corrected chi connectivity index (χ3v) is 3.37. The molecule has 0 saturated carbocycles. The van der Waals surface area contributed by atoms with Gasteiger partial charge < -0.3 is 9.47 Å². The maximum atomic E-state index is 11.8. The Labute approximate surface area is 135 Å². The first kappa shape index (κ1) is 16.1. The molecule has 0 aliphatic carbocycles. The molecule has 0 saturated heterocycles. The molecule has 0 unspecified atom stereocenters. The minimum Gasteiger partial charge on any atom is -0.494 e. The number of esters is 1. The van der Waals surface area contributed by atoms with Crippen LogP contribution in [-0.4, -0.2) is 12.6 Å². The van der Waals surface area contributed by atoms with Gasteiger partial charge in [-0.3, -0.25) is 0 Å². The van der Waals surface area contributed by atoms with E-state index in [-0.39, 0.29) is 0 Å². The molecule has 0 amide bonds. The van der Waals surface area contributed by atoms with Crippen molar-refractivity contribution >= 4 is 23.6 Å². The van der Waals surface area contributed by atoms with Gasteiger partial charge in [0.05, 0.1) is 6.61 Å². The highest BCUT2D eigenvalue weighted by molar-refractivity contribution is 6.31. The van der Waals surface area contributed by atoms with Crippen LogP contribution in [0.3, 0.4) is 0 Å². The van der Waals surface area contributed by atoms with Gasteiger partial charge in [-0.05, 0) is 61.4 Å². The summed E-state index contributed by atoms with van der Waals surface area (Å²) in [5.41, 5.74) is 1.76. The minimum absolute atomic E-state index is 0.435. The van der Waals surface area contributed by atoms with E-state index in [2.05, 4.69) is 0 Å². The van der Waals surface area contributed by atoms with Gasteiger partial charge in [-0.15, -0.1) is 0 Å². The Hall–Kier alpha value is -2.26. The molecule has 0 bridgehead atoms. The quantitative estimate of drug-likeness (QED) is 0.457. The Morgan fingerprint density at radius 2 is 1.82 bits per heavy atom. The molecule has 0 radical (unpaired) electrons. The zero-order valence-electron chi connectivity index (χ0n) is 12.5. The van der Waals surface area contributed by atoms with Crippen molar-refractivity contribution in [2.24, 2.45) is 0 Å². The smallest absolute Gasteiger partial charge is 0.336 e. The molecule has 0 aliphatic heterocycles. The number of aryl methyl sites for hydroxylation is 1. The second-order valence-corrected chi connectivity index (χ2v) is 5.07. The zero-order valence-corrected chi connectivity index (χ0v) is 13.3. The van der Waals surface area contributed by atoms with Crippen LogP contribution in [0.1, 0.15) is 18.1 Å². The van der Waals surface area contributed by atoms with Crippen molar-refractivity contribution in [3.63, 3.8) is 0 Å². The van der Waals surface area contributed by atoms with Crippen molar-refractivity contribution < 1.29 is 14.3 Å². The molecule has 22 heavy (non-hydrogen) atoms. The Morgan fingerprint density at radius 1 is 1.14 bits per heavy atom. The highest BCUT2D eigenvalue weighted by atomic mass is 35.5. The van der Waals surface area contributed by atoms with Gasteiger partial charge in [-0.1, -0.05) is 23.7 Å². The fraction of sp³-hybridized carbons (Fsp3) is 0.167. The summed E-state index contributed by atoms with van der Waals surface area (Å²) in [4.78, 5) is 11.8. The summed E-state index contributed by atoms with van der Waals surface area (Å²) in [5, 5.41) is 0.643. The Morgan fingerprint density at radius 3 is 2.45 bits per heavy atom. The van der Waals surface area contributed by atoms with Crippen LogP contribution in [0.5, 0.6) is 11.5 Å². The number of carbonyl (C=O) groups is 1. The van der Waals surface area contributed by atoms with E-state index in [4.69, 9.17) is 21.1 Å². The van der Waals surface area contributed by atoms with Gasteiger partial charge in [0.25, 0.3) is 0 Å². The summed E-state index contributed by atoms with van der Waals surface area (Å²) >= 11 is 5.93. The lowest BCUT2D eigenvalue weighted by atomic mass is 10.2. The molecular weight excluding hydrogens is 300 g/mol. The monoisotopic (exact) mass is 316 g/mol. The number of hydrogen-bond acceptors (Lipinski definition) is 3. The van der Waals surface area contributed by atoms with E-state index in [0.29, 0.717) is 17.4 Å². The number of hydrogen-bond donors (Lipinski definition) is 0. The molecule has 0 fully saturated rings. The van der Waals surface area contributed by atoms with Crippen LogP contribution < -0.4 is 9.47 Å². The van der Waals surface area contributed by atoms with Crippen LogP contribution in [0.25, 0.3) is 6.08 Å². The van der Waals surface area contributed by atoms with Crippen LogP contribution >= 0.6 is 11.6 Å². The maximum Gasteiger partial charge on any atom is 0.336 e. The summed E-state index contributed by atoms with van der Waals surface area (Å²) in [6.45, 7) is 4.42. The van der Waals surface area contributed by atoms with Gasteiger partial charge in [-0.25, -0.2) is 4.79 Å². The molecule has 0 atom stereocenters. The van der Waals surface area contributed by atoms with E-state index >= 15 is 0 Å². The second kappa shape index (κ2) is 7.66. The lowest BCUT2D eigenvalue weighted by Gasteiger charge is -2.04. The van der Waals surface area contributed by atoms with Crippen molar-refractivity contribution in [2.75, 3.05) is 6.61 Å². The van der Waals surface area contributed by atoms with Crippen LogP contribution in [-0.2, 0) is 4.79 Å². The van der Waals surface area contributed by atoms with Crippen molar-refractivity contribution in [3.05, 3.63) is 64.7 Å². The molecule has 0 aromatic heterocycles. The predicted molar refractivity (Wildman–Crippen MR) is 88.5 cm³/mol. The van der Waals surface area contributed by atoms with Gasteiger partial charge in [-0.2, -0.15) is 0 Å². The average Bonchev–Trinajstić information content (AvgIpc) is 2.51. The number of benzene rings is 2. The first-order chi connectivity index (χ1) is 10.6. The third-order valence-electron chi connectivity index (χ3n) is 2.95. The van der Waals surface area contributed by atoms with Gasteiger partial charge >= 0.3 is 5.97 Å². The van der Waals surface area contributed by atoms with Crippen LogP contribution in [0, 0.1) is 6.92 Å². The van der Waals surface area contributed by atoms with Crippen LogP contribution in [0.2, 0.25) is 5.02 Å². The standard InChI is InChI=1S/C18H17ClO3/c1-3-21-15-7-4-14(5-8-15)6-11-18(20)22-16-9-10-17(19)13(2)12-16/h4-12H,3H2,1-2H3/b11-6+. The Kier molecular flexibility index (Phi) is 5.61. The van der Waals surface area contributed by atoms with Crippen molar-refractivity contribution in [1.29, 1.82) is 0 Å². The van der Waals surface area contributed by atoms with E-state index in [0.717, 1.165) is 16.9 Å². The van der Waals surface area contributed by atoms with Crippen molar-refractivity contribution in [2.45, 2.75) is 13.8 Å². The summed E-state index contributed by atoms with van der Waals surface area (Å²) < 4.78 is 10.6. The number of ether oxygens (including phenoxy) is 2. The average molecular weight is 317 g/mol. The van der Waals surface area contributed by atoms with E-state index in [1.165, 1.54) is 6.08 Å². The second-order valence-electron chi connectivity index (χ2n) is 4.67. The van der Waals surface area contributed by atoms with Crippen molar-refractivity contribution in [3.8, 4) is 11.5 Å². The Bertz CT molecular complexity index is 675. The predicted octanol–water partition coefficient (Wildman–Crippen LogP) is 4.67. The molecule has 0 spiro atoms. The van der Waals surface area contributed by atoms with Gasteiger partial charge in [0.1, 0.15) is 11.5 Å². The van der Waals surface area contributed by atoms with Gasteiger partial charge in [0.2, 0.25) is 0 Å². The molecule has 2 aromatic rings. The molecule has 2 aromatic carbocycles. The van der Waals surface area contributed by atoms with Crippen LogP contribution in [0.4, 0.5) is 0 Å². The lowest BCUT2D eigenvalue weighted by Crippen LogP contribution is -2.03. The molecule has 2 rings (SSSR count). The van der Waals surface area contributed by atoms with E-state index < -0.39 is 5.97 Å². The molecule has 0 aliphatic rings. The largest absolute Gasteiger partial charge is 0.494 e. The van der Waals surface area contributed by atoms with Crippen molar-refractivity contribution in [1.82, 2.24) is 0 Å². The molecule has 4 heteroatoms. The lowest BCUT2D eigenvalue weighted by molar-refractivity contribution is -0.128. The molecule has 0 N–H and O–H groups in total. The first-order valence-electron chi connectivity index (χ1n) is 6.97. The highest BCUT2D eigenvalue weighted by Crippen LogP contribution is 2.21. The first-order valence-corrected chi connectivity index (χ1v) is 7.35. The highest BCUT2D eigenvalue weighted by Gasteiger charge is 2.03. The number of rotatable bonds is 5. The fourth-order valence-corrected chi connectivity index (χ4v) is 1.95. The van der Waals surface area contributed by atoms with E-state index in [1.807, 2.05) is 38.1 Å². The Balaban J connectivity index is 1.97. The number of halogens is 1. The molecular formula is C18H17ClO3. The van der Waals surface area contributed by atoms with E-state index in [1.54, 1.807) is 24.3 Å². The molecule has 0 heterocycles. The SMILES string of the molecule is CCOc1ccc(/C=C/C(=O)Oc2ccc(Cl)c(C)c2)cc1. The summed E-state index contributed by atoms with van der Waals surface area (Å²) in [6.07, 6.45) is 3.08. The molecule has 114 valence electrons. The maximum absolute atomic E-state index is 11.8. The summed E-state index contributed by atoms with van der Waals surface area (Å²) in [5.74, 6) is 0.845. The third kappa shape index (κ3) is 4.64. The topological polar surface area (TPSA) is 35.5 Å². The number of carbonyl (C=O) groups excluding carboxylic acids is 1. The van der Waals surface area contributed by atoms with E-state index in [9.17, 15) is 4.79 Å². The summed E-state index contributed by atoms with van der Waals surface area (Å²) in [6, 6.07) is 12.6. The normalized spacial score (nSPS) is 10.7. The minimum atomic E-state index is -0.435. The molecule has 3 nitrogen and oxygen atoms in total. The fourth-order valence-electron chi connectivity index (χ4n) is 1.84. The van der Waals surface area contributed by atoms with Crippen LogP contribution in [0.15, 0.2) is 48.5 Å². The zero-order chi connectivity index (χ0) is 15.9. The van der Waals surface area contributed by atoms with Gasteiger partial charge in [0, 0.05) is 11.1 Å².